The monoisotopic (exact) mass is 1220 g/mol. The van der Waals surface area contributed by atoms with E-state index in [0.29, 0.717) is 48.3 Å². The van der Waals surface area contributed by atoms with Crippen LogP contribution in [0.15, 0.2) is 164 Å². The zero-order valence-electron chi connectivity index (χ0n) is 44.6. The van der Waals surface area contributed by atoms with Gasteiger partial charge in [0.05, 0.1) is 20.2 Å². The standard InChI is InChI=1S/C62H40N8O10S5/c1-3-69-53(71)51(84-55(69)39(27-63)28-64)67-43-25-41-45(61(43,57(73)77-31-35-17-9-5-10-18-35)58(74)78-32-36-19-11-6-12-20-36)46-49(81-41)50-47(48-42(82-50)26-44(83-48)68-52-54(72)70(4-2)56(85-52)40(29-65)30-66)62(46,59(75)79-33-37-21-13-7-14-22-37)60(76)80-34-38-23-15-8-16-24-38/h5-26H,3-4,31-34H2,1-2H3. The van der Waals surface area contributed by atoms with Gasteiger partial charge in [-0.1, -0.05) is 121 Å². The maximum atomic E-state index is 16.3. The zero-order chi connectivity index (χ0) is 59.6. The molecule has 0 saturated carbocycles. The van der Waals surface area contributed by atoms with Gasteiger partial charge in [0.15, 0.2) is 21.2 Å². The fourth-order valence-corrected chi connectivity index (χ4v) is 16.4. The third-order valence-electron chi connectivity index (χ3n) is 14.0. The molecule has 18 nitrogen and oxygen atoms in total. The van der Waals surface area contributed by atoms with Gasteiger partial charge >= 0.3 is 23.9 Å². The molecular formula is C62H40N8O10S5. The van der Waals surface area contributed by atoms with Crippen LogP contribution >= 0.6 is 57.5 Å². The molecule has 0 unspecified atom stereocenters. The number of allylic oxidation sites excluding steroid dienone is 2. The van der Waals surface area contributed by atoms with Gasteiger partial charge in [0.25, 0.3) is 11.8 Å². The van der Waals surface area contributed by atoms with E-state index in [1.165, 1.54) is 15.9 Å². The van der Waals surface area contributed by atoms with Crippen molar-refractivity contribution in [1.29, 1.82) is 21.0 Å². The van der Waals surface area contributed by atoms with E-state index in [-0.39, 0.29) is 83.5 Å². The summed E-state index contributed by atoms with van der Waals surface area (Å²) < 4.78 is 26.0. The van der Waals surface area contributed by atoms with E-state index in [4.69, 9.17) is 28.9 Å². The first-order valence-corrected chi connectivity index (χ1v) is 30.0. The molecule has 0 N–H and O–H groups in total. The van der Waals surface area contributed by atoms with E-state index < -0.39 is 71.0 Å². The topological polar surface area (TPSA) is 266 Å². The van der Waals surface area contributed by atoms with Crippen LogP contribution in [0.2, 0.25) is 0 Å². The second kappa shape index (κ2) is 23.9. The molecule has 0 radical (unpaired) electrons. The molecule has 85 heavy (non-hydrogen) atoms. The molecule has 4 aliphatic rings. The summed E-state index contributed by atoms with van der Waals surface area (Å²) in [6, 6.07) is 43.7. The number of hydrogen-bond donors (Lipinski definition) is 0. The number of ether oxygens (including phenoxy) is 4. The Hall–Kier alpha value is -9.72. The predicted molar refractivity (Wildman–Crippen MR) is 319 cm³/mol. The quantitative estimate of drug-likeness (QED) is 0.0377. The number of nitrogens with zero attached hydrogens (tertiary/aromatic N) is 8. The largest absolute Gasteiger partial charge is 0.459 e. The van der Waals surface area contributed by atoms with E-state index in [9.17, 15) is 30.6 Å². The first-order chi connectivity index (χ1) is 41.3. The Morgan fingerprint density at radius 1 is 0.506 bits per heavy atom. The minimum Gasteiger partial charge on any atom is -0.459 e. The molecule has 0 bridgehead atoms. The van der Waals surface area contributed by atoms with Gasteiger partial charge in [-0.05, 0) is 71.8 Å². The van der Waals surface area contributed by atoms with E-state index in [0.717, 1.165) is 45.8 Å². The van der Waals surface area contributed by atoms with Crippen LogP contribution in [-0.4, -0.2) is 68.7 Å². The maximum absolute atomic E-state index is 16.3. The summed E-state index contributed by atoms with van der Waals surface area (Å²) in [4.78, 5) is 106. The fourth-order valence-electron chi connectivity index (χ4n) is 10.1. The van der Waals surface area contributed by atoms with Crippen molar-refractivity contribution >= 4 is 124 Å². The van der Waals surface area contributed by atoms with Crippen molar-refractivity contribution in [1.82, 2.24) is 9.80 Å². The molecule has 11 rings (SSSR count). The lowest BCUT2D eigenvalue weighted by molar-refractivity contribution is -0.167. The minimum absolute atomic E-state index is 0.00328. The average molecular weight is 1220 g/mol. The average Bonchev–Trinajstić information content (AvgIpc) is 1.51. The molecule has 0 atom stereocenters. The van der Waals surface area contributed by atoms with Crippen molar-refractivity contribution < 1.29 is 47.7 Å². The number of carbonyl (C=O) groups is 6. The number of hydrogen-bond acceptors (Lipinski definition) is 21. The van der Waals surface area contributed by atoms with E-state index in [2.05, 4.69) is 0 Å². The summed E-state index contributed by atoms with van der Waals surface area (Å²) in [6.07, 6.45) is 1.40. The van der Waals surface area contributed by atoms with Crippen LogP contribution in [0.25, 0.3) is 25.2 Å². The highest BCUT2D eigenvalue weighted by Crippen LogP contribution is 2.66. The molecule has 4 aromatic carbocycles. The Balaban J connectivity index is 1.19. The molecule has 0 spiro atoms. The zero-order valence-corrected chi connectivity index (χ0v) is 48.7. The highest BCUT2D eigenvalue weighted by atomic mass is 32.2. The van der Waals surface area contributed by atoms with Crippen LogP contribution in [-0.2, 0) is 85.0 Å². The summed E-state index contributed by atoms with van der Waals surface area (Å²) in [5.74, 6) is -6.17. The molecule has 418 valence electrons. The molecule has 3 aromatic heterocycles. The summed E-state index contributed by atoms with van der Waals surface area (Å²) in [5.41, 5.74) is -4.90. The Labute approximate surface area is 505 Å². The number of carbonyl (C=O) groups excluding carboxylic acids is 6. The Morgan fingerprint density at radius 2 is 0.894 bits per heavy atom. The van der Waals surface area contributed by atoms with Gasteiger partial charge in [-0.25, -0.2) is 9.98 Å². The van der Waals surface area contributed by atoms with Crippen molar-refractivity contribution in [3.05, 3.63) is 198 Å². The van der Waals surface area contributed by atoms with Gasteiger partial charge in [0.2, 0.25) is 10.8 Å². The van der Waals surface area contributed by atoms with E-state index in [1.807, 2.05) is 24.3 Å². The molecule has 2 aliphatic heterocycles. The van der Waals surface area contributed by atoms with Crippen LogP contribution in [0.3, 0.4) is 0 Å². The Morgan fingerprint density at radius 3 is 1.29 bits per heavy atom. The maximum Gasteiger partial charge on any atom is 0.334 e. The van der Waals surface area contributed by atoms with Crippen molar-refractivity contribution in [2.75, 3.05) is 13.1 Å². The lowest BCUT2D eigenvalue weighted by Crippen LogP contribution is -2.51. The predicted octanol–water partition coefficient (Wildman–Crippen LogP) is 11.0. The molecule has 2 fully saturated rings. The van der Waals surface area contributed by atoms with Crippen LogP contribution in [0.4, 0.5) is 5.00 Å². The third kappa shape index (κ3) is 9.87. The second-order valence-electron chi connectivity index (χ2n) is 18.9. The Kier molecular flexibility index (Phi) is 16.0. The van der Waals surface area contributed by atoms with Crippen LogP contribution in [0, 0.1) is 45.3 Å². The highest BCUT2D eigenvalue weighted by Gasteiger charge is 2.69. The minimum atomic E-state index is -2.87. The van der Waals surface area contributed by atoms with Gasteiger partial charge in [0, 0.05) is 39.4 Å². The number of nitriles is 4. The molecule has 2 amide bonds. The first kappa shape index (κ1) is 57.1. The molecular weight excluding hydrogens is 1180 g/mol. The summed E-state index contributed by atoms with van der Waals surface area (Å²) >= 11 is 4.76. The summed E-state index contributed by atoms with van der Waals surface area (Å²) in [5, 5.41) is 39.5. The SMILES string of the molecule is CCN1C(=O)C(=NC2=Cc3sc4c(c3C2(C(=O)OCc2ccccc2)C(=O)OCc2ccccc2)C(C(=O)OCc2ccccc2)(C(=O)OCc2ccccc2)c2c-4sc3cc(N=C4SC(=C(C#N)C#N)N(CC)C4=O)sc23)SC1=C(C#N)C#N. The number of benzene rings is 4. The lowest BCUT2D eigenvalue weighted by atomic mass is 9.70. The third-order valence-corrected chi connectivity index (χ3v) is 19.8. The summed E-state index contributed by atoms with van der Waals surface area (Å²) in [6.45, 7) is 1.90. The van der Waals surface area contributed by atoms with E-state index in [1.54, 1.807) is 141 Å². The van der Waals surface area contributed by atoms with Crippen molar-refractivity contribution in [2.45, 2.75) is 51.1 Å². The lowest BCUT2D eigenvalue weighted by Gasteiger charge is -2.32. The fraction of sp³-hybridized carbons (Fsp3) is 0.161. The number of fused-ring (bicyclic) bond motifs is 7. The number of rotatable bonds is 16. The number of esters is 4. The molecule has 7 aromatic rings. The Bertz CT molecular complexity index is 4170. The number of amides is 2. The van der Waals surface area contributed by atoms with E-state index >= 15 is 19.2 Å². The number of thiophene rings is 3. The van der Waals surface area contributed by atoms with Crippen molar-refractivity contribution in [2.24, 2.45) is 9.98 Å². The number of aliphatic imine (C=N–C) groups is 2. The second-order valence-corrected chi connectivity index (χ2v) is 23.9. The molecule has 2 saturated heterocycles. The highest BCUT2D eigenvalue weighted by molar-refractivity contribution is 8.20. The van der Waals surface area contributed by atoms with Gasteiger partial charge in [0.1, 0.15) is 65.8 Å². The number of thioether (sulfide) groups is 2. The van der Waals surface area contributed by atoms with Gasteiger partial charge in [-0.15, -0.1) is 34.0 Å². The van der Waals surface area contributed by atoms with Crippen LogP contribution in [0.1, 0.15) is 57.7 Å². The normalized spacial score (nSPS) is 16.0. The van der Waals surface area contributed by atoms with Gasteiger partial charge < -0.3 is 18.9 Å². The smallest absolute Gasteiger partial charge is 0.334 e. The van der Waals surface area contributed by atoms with Crippen molar-refractivity contribution in [3.8, 4) is 34.0 Å². The van der Waals surface area contributed by atoms with Crippen LogP contribution < -0.4 is 0 Å². The van der Waals surface area contributed by atoms with Crippen molar-refractivity contribution in [3.63, 3.8) is 0 Å². The summed E-state index contributed by atoms with van der Waals surface area (Å²) in [7, 11) is 0. The molecule has 5 heterocycles. The van der Waals surface area contributed by atoms with Crippen LogP contribution in [0.5, 0.6) is 0 Å². The molecule has 2 aliphatic carbocycles. The van der Waals surface area contributed by atoms with Gasteiger partial charge in [-0.2, -0.15) is 21.0 Å². The first-order valence-electron chi connectivity index (χ1n) is 25.9. The molecule has 23 heteroatoms. The van der Waals surface area contributed by atoms with Gasteiger partial charge in [-0.3, -0.25) is 38.6 Å².